The van der Waals surface area contributed by atoms with Crippen molar-refractivity contribution in [1.29, 1.82) is 0 Å². The molecule has 2 fully saturated rings. The molecule has 0 aliphatic heterocycles. The minimum absolute atomic E-state index is 0.637. The van der Waals surface area contributed by atoms with E-state index in [4.69, 9.17) is 4.74 Å². The fourth-order valence-corrected chi connectivity index (χ4v) is 3.46. The van der Waals surface area contributed by atoms with E-state index in [1.807, 2.05) is 55.4 Å². The maximum Gasteiger partial charge on any atom is 0.119 e. The van der Waals surface area contributed by atoms with Crippen LogP contribution in [-0.4, -0.2) is 20.8 Å². The number of aryl methyl sites for hydroxylation is 1. The van der Waals surface area contributed by atoms with Gasteiger partial charge < -0.3 is 9.47 Å². The Morgan fingerprint density at radius 3 is 1.32 bits per heavy atom. The van der Waals surface area contributed by atoms with E-state index in [0.717, 1.165) is 30.1 Å². The summed E-state index contributed by atoms with van der Waals surface area (Å²) in [4.78, 5) is 0. The summed E-state index contributed by atoms with van der Waals surface area (Å²) in [6.45, 7) is 30.4. The van der Waals surface area contributed by atoms with Crippen LogP contribution in [-0.2, 0) is 4.74 Å². The highest BCUT2D eigenvalue weighted by Gasteiger charge is 2.10. The van der Waals surface area contributed by atoms with Crippen molar-refractivity contribution in [3.63, 3.8) is 0 Å². The molecule has 0 amide bonds. The zero-order valence-corrected chi connectivity index (χ0v) is 29.5. The summed E-state index contributed by atoms with van der Waals surface area (Å²) in [6.07, 6.45) is 12.8. The van der Waals surface area contributed by atoms with Crippen molar-refractivity contribution in [2.24, 2.45) is 23.7 Å². The van der Waals surface area contributed by atoms with Gasteiger partial charge in [0.15, 0.2) is 0 Å². The maximum absolute atomic E-state index is 5.80. The normalized spacial score (nSPS) is 14.3. The highest BCUT2D eigenvalue weighted by Crippen LogP contribution is 2.25. The molecule has 2 unspecified atom stereocenters. The Labute approximate surface area is 244 Å². The fourth-order valence-electron chi connectivity index (χ4n) is 3.46. The number of methoxy groups -OCH3 is 1. The molecule has 232 valence electrons. The predicted molar refractivity (Wildman–Crippen MR) is 179 cm³/mol. The van der Waals surface area contributed by atoms with E-state index in [1.165, 1.54) is 63.4 Å². The van der Waals surface area contributed by atoms with Gasteiger partial charge in [0.05, 0.1) is 6.61 Å². The SMILES string of the molecule is CC.CC.CC.CC.CC1CCC1.CC1CCC1.CCCC(C)CC(C)COc1ccc(C)cc1.COC. The Bertz CT molecular complexity index is 463. The molecule has 2 heteroatoms. The molecule has 1 aromatic carbocycles. The molecule has 0 bridgehead atoms. The lowest BCUT2D eigenvalue weighted by molar-refractivity contribution is 0.232. The molecule has 0 radical (unpaired) electrons. The monoisotopic (exact) mass is 541 g/mol. The summed E-state index contributed by atoms with van der Waals surface area (Å²) in [6, 6.07) is 8.30. The second kappa shape index (κ2) is 40.5. The van der Waals surface area contributed by atoms with Crippen LogP contribution in [0.1, 0.15) is 153 Å². The summed E-state index contributed by atoms with van der Waals surface area (Å²) in [5.74, 6) is 4.57. The Morgan fingerprint density at radius 1 is 0.711 bits per heavy atom. The number of ether oxygens (including phenoxy) is 2. The lowest BCUT2D eigenvalue weighted by atomic mass is 9.88. The van der Waals surface area contributed by atoms with E-state index in [9.17, 15) is 0 Å². The van der Waals surface area contributed by atoms with Crippen LogP contribution < -0.4 is 4.74 Å². The molecule has 0 aromatic heterocycles. The van der Waals surface area contributed by atoms with Gasteiger partial charge in [0.2, 0.25) is 0 Å². The van der Waals surface area contributed by atoms with Gasteiger partial charge in [-0.2, -0.15) is 0 Å². The summed E-state index contributed by atoms with van der Waals surface area (Å²) in [7, 11) is 3.25. The third-order valence-corrected chi connectivity index (χ3v) is 5.93. The van der Waals surface area contributed by atoms with Crippen molar-refractivity contribution in [2.45, 2.75) is 155 Å². The molecule has 3 rings (SSSR count). The Hall–Kier alpha value is -1.02. The van der Waals surface area contributed by atoms with E-state index in [1.54, 1.807) is 14.2 Å². The van der Waals surface area contributed by atoms with Crippen molar-refractivity contribution in [3.05, 3.63) is 29.8 Å². The van der Waals surface area contributed by atoms with E-state index in [-0.39, 0.29) is 0 Å². The molecule has 38 heavy (non-hydrogen) atoms. The Morgan fingerprint density at radius 2 is 1.05 bits per heavy atom. The first-order valence-corrected chi connectivity index (χ1v) is 16.4. The minimum atomic E-state index is 0.637. The van der Waals surface area contributed by atoms with Crippen LogP contribution in [0, 0.1) is 30.6 Å². The van der Waals surface area contributed by atoms with Gasteiger partial charge in [-0.05, 0) is 49.1 Å². The highest BCUT2D eigenvalue weighted by molar-refractivity contribution is 5.26. The zero-order valence-electron chi connectivity index (χ0n) is 29.5. The van der Waals surface area contributed by atoms with Crippen LogP contribution in [0.25, 0.3) is 0 Å². The molecule has 0 heterocycles. The molecule has 0 saturated heterocycles. The molecule has 0 N–H and O–H groups in total. The maximum atomic E-state index is 5.80. The van der Waals surface area contributed by atoms with Crippen LogP contribution in [0.4, 0.5) is 0 Å². The van der Waals surface area contributed by atoms with E-state index in [0.29, 0.717) is 5.92 Å². The van der Waals surface area contributed by atoms with Crippen LogP contribution in [0.15, 0.2) is 24.3 Å². The summed E-state index contributed by atoms with van der Waals surface area (Å²) in [5, 5.41) is 0. The molecular weight excluding hydrogens is 464 g/mol. The van der Waals surface area contributed by atoms with Gasteiger partial charge in [-0.3, -0.25) is 0 Å². The largest absolute Gasteiger partial charge is 0.493 e. The zero-order chi connectivity index (χ0) is 30.8. The third kappa shape index (κ3) is 37.1. The number of hydrogen-bond acceptors (Lipinski definition) is 2. The van der Waals surface area contributed by atoms with E-state index in [2.05, 4.69) is 70.5 Å². The summed E-state index contributed by atoms with van der Waals surface area (Å²) in [5.41, 5.74) is 1.28. The van der Waals surface area contributed by atoms with E-state index < -0.39 is 0 Å². The molecule has 2 nitrogen and oxygen atoms in total. The lowest BCUT2D eigenvalue weighted by Crippen LogP contribution is -2.12. The molecule has 1 aromatic rings. The van der Waals surface area contributed by atoms with Gasteiger partial charge in [-0.15, -0.1) is 0 Å². The number of hydrogen-bond donors (Lipinski definition) is 0. The second-order valence-electron chi connectivity index (χ2n) is 9.84. The van der Waals surface area contributed by atoms with Gasteiger partial charge in [-0.1, -0.05) is 159 Å². The summed E-state index contributed by atoms with van der Waals surface area (Å²) >= 11 is 0. The van der Waals surface area contributed by atoms with Crippen molar-refractivity contribution < 1.29 is 9.47 Å². The van der Waals surface area contributed by atoms with Crippen molar-refractivity contribution in [2.75, 3.05) is 20.8 Å². The Kier molecular flexibility index (Phi) is 49.9. The van der Waals surface area contributed by atoms with Crippen molar-refractivity contribution in [1.82, 2.24) is 0 Å². The fraction of sp³-hybridized carbons (Fsp3) is 0.833. The van der Waals surface area contributed by atoms with Crippen LogP contribution in [0.3, 0.4) is 0 Å². The van der Waals surface area contributed by atoms with E-state index >= 15 is 0 Å². The molecule has 2 saturated carbocycles. The average molecular weight is 541 g/mol. The van der Waals surface area contributed by atoms with Crippen LogP contribution in [0.5, 0.6) is 5.75 Å². The molecule has 2 aliphatic carbocycles. The van der Waals surface area contributed by atoms with Crippen molar-refractivity contribution in [3.8, 4) is 5.75 Å². The number of benzene rings is 1. The first kappa shape index (κ1) is 46.8. The Balaban J connectivity index is -0.000000141. The quantitative estimate of drug-likeness (QED) is 0.342. The van der Waals surface area contributed by atoms with Gasteiger partial charge in [0.25, 0.3) is 0 Å². The standard InChI is InChI=1S/C16H26O.2C5H10.C2H6O.4C2H6/c1-5-6-14(3)11-15(4)12-17-16-9-7-13(2)8-10-16;2*1-5-3-2-4-5;1-3-2;4*1-2/h7-10,14-15H,5-6,11-12H2,1-4H3;2*5H,2-4H2,1H3;1-2H3;4*1-2H3. The highest BCUT2D eigenvalue weighted by atomic mass is 16.5. The predicted octanol–water partition coefficient (Wildman–Crippen LogP) is 12.8. The van der Waals surface area contributed by atoms with Gasteiger partial charge in [0, 0.05) is 14.2 Å². The molecule has 2 aliphatic rings. The smallest absolute Gasteiger partial charge is 0.119 e. The molecule has 0 spiro atoms. The first-order valence-electron chi connectivity index (χ1n) is 16.4. The average Bonchev–Trinajstić information content (AvgIpc) is 2.92. The molecule has 2 atom stereocenters. The lowest BCUT2D eigenvalue weighted by Gasteiger charge is -2.18. The van der Waals surface area contributed by atoms with Crippen molar-refractivity contribution >= 4 is 0 Å². The summed E-state index contributed by atoms with van der Waals surface area (Å²) < 4.78 is 10.1. The second-order valence-corrected chi connectivity index (χ2v) is 9.84. The number of rotatable bonds is 7. The first-order chi connectivity index (χ1) is 18.3. The van der Waals surface area contributed by atoms with Gasteiger partial charge >= 0.3 is 0 Å². The van der Waals surface area contributed by atoms with Gasteiger partial charge in [0.1, 0.15) is 5.75 Å². The van der Waals surface area contributed by atoms with Gasteiger partial charge in [-0.25, -0.2) is 0 Å². The topological polar surface area (TPSA) is 18.5 Å². The molecular formula is C36H76O2. The third-order valence-electron chi connectivity index (χ3n) is 5.93. The minimum Gasteiger partial charge on any atom is -0.493 e. The van der Waals surface area contributed by atoms with Crippen LogP contribution >= 0.6 is 0 Å². The van der Waals surface area contributed by atoms with Crippen LogP contribution in [0.2, 0.25) is 0 Å².